The Kier molecular flexibility index (Phi) is 4.21. The Balaban J connectivity index is 1.43. The van der Waals surface area contributed by atoms with Gasteiger partial charge in [-0.05, 0) is 50.4 Å². The predicted molar refractivity (Wildman–Crippen MR) is 77.6 cm³/mol. The summed E-state index contributed by atoms with van der Waals surface area (Å²) in [6.07, 6.45) is 3.21. The molecule has 1 aromatic rings. The monoisotopic (exact) mass is 274 g/mol. The summed E-state index contributed by atoms with van der Waals surface area (Å²) >= 11 is 0. The molecule has 0 spiro atoms. The van der Waals surface area contributed by atoms with Crippen molar-refractivity contribution in [2.24, 2.45) is 5.92 Å². The molecule has 0 radical (unpaired) electrons. The van der Waals surface area contributed by atoms with Crippen molar-refractivity contribution in [3.63, 3.8) is 0 Å². The molecule has 1 atom stereocenters. The Morgan fingerprint density at radius 1 is 1.15 bits per heavy atom. The normalized spacial score (nSPS) is 24.6. The maximum atomic E-state index is 11.7. The van der Waals surface area contributed by atoms with E-state index in [-0.39, 0.29) is 11.9 Å². The molecule has 0 bridgehead atoms. The molecule has 4 heteroatoms. The minimum Gasteiger partial charge on any atom is -0.493 e. The second-order valence-corrected chi connectivity index (χ2v) is 5.70. The van der Waals surface area contributed by atoms with E-state index in [1.54, 1.807) is 0 Å². The molecule has 0 saturated carbocycles. The molecular weight excluding hydrogens is 252 g/mol. The van der Waals surface area contributed by atoms with Crippen LogP contribution >= 0.6 is 0 Å². The van der Waals surface area contributed by atoms with Crippen LogP contribution in [0.4, 0.5) is 0 Å². The minimum atomic E-state index is 0.117. The summed E-state index contributed by atoms with van der Waals surface area (Å²) in [5.74, 6) is 1.77. The van der Waals surface area contributed by atoms with Gasteiger partial charge < -0.3 is 10.1 Å². The lowest BCUT2D eigenvalue weighted by Crippen LogP contribution is -2.45. The fraction of sp³-hybridized carbons (Fsp3) is 0.562. The largest absolute Gasteiger partial charge is 0.493 e. The number of amides is 1. The number of rotatable bonds is 4. The first-order chi connectivity index (χ1) is 9.83. The topological polar surface area (TPSA) is 41.6 Å². The molecule has 4 nitrogen and oxygen atoms in total. The van der Waals surface area contributed by atoms with Gasteiger partial charge in [0.15, 0.2) is 0 Å². The number of carbonyl (C=O) groups is 1. The maximum absolute atomic E-state index is 11.7. The number of piperidine rings is 1. The molecule has 2 fully saturated rings. The maximum Gasteiger partial charge on any atom is 0.237 e. The van der Waals surface area contributed by atoms with Crippen molar-refractivity contribution in [2.45, 2.75) is 25.3 Å². The third-order valence-corrected chi connectivity index (χ3v) is 4.34. The van der Waals surface area contributed by atoms with E-state index in [2.05, 4.69) is 10.2 Å². The van der Waals surface area contributed by atoms with Gasteiger partial charge in [0.05, 0.1) is 12.6 Å². The molecule has 2 heterocycles. The molecule has 1 aromatic carbocycles. The fourth-order valence-electron chi connectivity index (χ4n) is 3.09. The highest BCUT2D eigenvalue weighted by molar-refractivity contribution is 5.83. The molecule has 1 unspecified atom stereocenters. The number of nitrogens with one attached hydrogen (secondary N) is 1. The zero-order valence-electron chi connectivity index (χ0n) is 11.8. The molecule has 2 saturated heterocycles. The van der Waals surface area contributed by atoms with E-state index >= 15 is 0 Å². The molecular formula is C16H22N2O2. The molecule has 1 amide bonds. The first-order valence-corrected chi connectivity index (χ1v) is 7.52. The number of benzene rings is 1. The number of para-hydroxylation sites is 1. The highest BCUT2D eigenvalue weighted by Gasteiger charge is 2.32. The van der Waals surface area contributed by atoms with Crippen LogP contribution in [-0.4, -0.2) is 43.1 Å². The Labute approximate surface area is 120 Å². The third-order valence-electron chi connectivity index (χ3n) is 4.34. The first kappa shape index (κ1) is 13.4. The Bertz CT molecular complexity index is 441. The van der Waals surface area contributed by atoms with Crippen LogP contribution in [0.3, 0.4) is 0 Å². The summed E-state index contributed by atoms with van der Waals surface area (Å²) in [4.78, 5) is 14.0. The van der Waals surface area contributed by atoms with Gasteiger partial charge >= 0.3 is 0 Å². The number of likely N-dealkylation sites (tertiary alicyclic amines) is 1. The summed E-state index contributed by atoms with van der Waals surface area (Å²) in [7, 11) is 0. The molecule has 2 aliphatic heterocycles. The van der Waals surface area contributed by atoms with Crippen molar-refractivity contribution in [2.75, 3.05) is 26.2 Å². The quantitative estimate of drug-likeness (QED) is 0.908. The van der Waals surface area contributed by atoms with Gasteiger partial charge in [0.1, 0.15) is 5.75 Å². The molecule has 0 aromatic heterocycles. The number of hydrogen-bond donors (Lipinski definition) is 1. The second kappa shape index (κ2) is 6.27. The molecule has 1 N–H and O–H groups in total. The molecule has 2 aliphatic rings. The van der Waals surface area contributed by atoms with Crippen LogP contribution in [0.15, 0.2) is 30.3 Å². The summed E-state index contributed by atoms with van der Waals surface area (Å²) in [5, 5.41) is 2.92. The number of nitrogens with zero attached hydrogens (tertiary/aromatic N) is 1. The van der Waals surface area contributed by atoms with Gasteiger partial charge in [-0.1, -0.05) is 18.2 Å². The lowest BCUT2D eigenvalue weighted by Gasteiger charge is -2.34. The van der Waals surface area contributed by atoms with E-state index in [0.717, 1.165) is 51.3 Å². The number of ether oxygens (including phenoxy) is 1. The van der Waals surface area contributed by atoms with Crippen LogP contribution in [0.2, 0.25) is 0 Å². The molecule has 3 rings (SSSR count). The van der Waals surface area contributed by atoms with E-state index in [4.69, 9.17) is 4.74 Å². The zero-order chi connectivity index (χ0) is 13.8. The van der Waals surface area contributed by atoms with Gasteiger partial charge in [-0.25, -0.2) is 0 Å². The highest BCUT2D eigenvalue weighted by atomic mass is 16.5. The Morgan fingerprint density at radius 2 is 1.90 bits per heavy atom. The Morgan fingerprint density at radius 3 is 2.55 bits per heavy atom. The summed E-state index contributed by atoms with van der Waals surface area (Å²) in [5.41, 5.74) is 0. The average Bonchev–Trinajstić information content (AvgIpc) is 2.93. The molecule has 0 aliphatic carbocycles. The van der Waals surface area contributed by atoms with Crippen LogP contribution < -0.4 is 10.1 Å². The summed E-state index contributed by atoms with van der Waals surface area (Å²) in [6, 6.07) is 10.1. The van der Waals surface area contributed by atoms with Crippen LogP contribution in [0, 0.1) is 5.92 Å². The van der Waals surface area contributed by atoms with Gasteiger partial charge in [-0.3, -0.25) is 9.69 Å². The van der Waals surface area contributed by atoms with E-state index in [1.807, 2.05) is 30.3 Å². The van der Waals surface area contributed by atoms with E-state index < -0.39 is 0 Å². The van der Waals surface area contributed by atoms with Crippen LogP contribution in [-0.2, 0) is 4.79 Å². The lowest BCUT2D eigenvalue weighted by atomic mass is 9.96. The van der Waals surface area contributed by atoms with Crippen molar-refractivity contribution in [1.82, 2.24) is 10.2 Å². The van der Waals surface area contributed by atoms with Gasteiger partial charge in [0.2, 0.25) is 5.91 Å². The zero-order valence-corrected chi connectivity index (χ0v) is 11.8. The third kappa shape index (κ3) is 3.12. The Hall–Kier alpha value is -1.55. The van der Waals surface area contributed by atoms with Gasteiger partial charge in [-0.15, -0.1) is 0 Å². The average molecular weight is 274 g/mol. The molecule has 108 valence electrons. The van der Waals surface area contributed by atoms with Crippen LogP contribution in [0.1, 0.15) is 19.3 Å². The predicted octanol–water partition coefficient (Wildman–Crippen LogP) is 1.67. The number of carbonyl (C=O) groups excluding carboxylic acids is 1. The van der Waals surface area contributed by atoms with Gasteiger partial charge in [-0.2, -0.15) is 0 Å². The van der Waals surface area contributed by atoms with Crippen molar-refractivity contribution >= 4 is 5.91 Å². The van der Waals surface area contributed by atoms with Crippen LogP contribution in [0.5, 0.6) is 5.75 Å². The van der Waals surface area contributed by atoms with E-state index in [0.29, 0.717) is 5.92 Å². The van der Waals surface area contributed by atoms with Gasteiger partial charge in [0.25, 0.3) is 0 Å². The summed E-state index contributed by atoms with van der Waals surface area (Å²) < 4.78 is 5.83. The van der Waals surface area contributed by atoms with Crippen LogP contribution in [0.25, 0.3) is 0 Å². The van der Waals surface area contributed by atoms with Crippen molar-refractivity contribution in [1.29, 1.82) is 0 Å². The smallest absolute Gasteiger partial charge is 0.237 e. The van der Waals surface area contributed by atoms with Crippen molar-refractivity contribution in [3.8, 4) is 5.75 Å². The fourth-order valence-corrected chi connectivity index (χ4v) is 3.09. The second-order valence-electron chi connectivity index (χ2n) is 5.70. The highest BCUT2D eigenvalue weighted by Crippen LogP contribution is 2.22. The summed E-state index contributed by atoms with van der Waals surface area (Å²) in [6.45, 7) is 3.65. The van der Waals surface area contributed by atoms with E-state index in [9.17, 15) is 4.79 Å². The van der Waals surface area contributed by atoms with Gasteiger partial charge in [0, 0.05) is 6.54 Å². The standard InChI is InChI=1S/C16H22N2O2/c19-16-15(6-9-17-16)18-10-7-13(8-11-18)12-20-14-4-2-1-3-5-14/h1-5,13,15H,6-12H2,(H,17,19). The SMILES string of the molecule is O=C1NCCC1N1CCC(COc2ccccc2)CC1. The van der Waals surface area contributed by atoms with Crippen molar-refractivity contribution in [3.05, 3.63) is 30.3 Å². The first-order valence-electron chi connectivity index (χ1n) is 7.52. The lowest BCUT2D eigenvalue weighted by molar-refractivity contribution is -0.124. The van der Waals surface area contributed by atoms with Crippen molar-refractivity contribution < 1.29 is 9.53 Å². The molecule has 20 heavy (non-hydrogen) atoms. The minimum absolute atomic E-state index is 0.117. The number of hydrogen-bond acceptors (Lipinski definition) is 3. The van der Waals surface area contributed by atoms with E-state index in [1.165, 1.54) is 0 Å².